The number of hydrogen-bond donors (Lipinski definition) is 2. The number of rotatable bonds is 4. The van der Waals surface area contributed by atoms with Gasteiger partial charge in [-0.1, -0.05) is 54.1 Å². The van der Waals surface area contributed by atoms with Gasteiger partial charge in [-0.3, -0.25) is 9.59 Å². The quantitative estimate of drug-likeness (QED) is 0.410. The number of benzene rings is 3. The highest BCUT2D eigenvalue weighted by molar-refractivity contribution is 7.16. The maximum atomic E-state index is 13.1. The molecule has 0 aliphatic heterocycles. The van der Waals surface area contributed by atoms with Gasteiger partial charge in [-0.05, 0) is 55.3 Å². The first-order valence-electron chi connectivity index (χ1n) is 9.71. The first kappa shape index (κ1) is 19.9. The van der Waals surface area contributed by atoms with Gasteiger partial charge >= 0.3 is 0 Å². The molecule has 2 amide bonds. The van der Waals surface area contributed by atoms with Crippen molar-refractivity contribution in [1.82, 2.24) is 0 Å². The van der Waals surface area contributed by atoms with Crippen LogP contribution in [0.1, 0.15) is 36.7 Å². The second-order valence-electron chi connectivity index (χ2n) is 7.29. The highest BCUT2D eigenvalue weighted by atomic mass is 32.1. The van der Waals surface area contributed by atoms with Gasteiger partial charge in [0.15, 0.2) is 0 Å². The van der Waals surface area contributed by atoms with Gasteiger partial charge in [0.25, 0.3) is 11.8 Å². The topological polar surface area (TPSA) is 58.2 Å². The molecule has 4 aromatic rings. The third-order valence-corrected chi connectivity index (χ3v) is 6.31. The van der Waals surface area contributed by atoms with Crippen LogP contribution in [-0.2, 0) is 0 Å². The third kappa shape index (κ3) is 3.84. The van der Waals surface area contributed by atoms with Crippen molar-refractivity contribution in [3.05, 3.63) is 93.9 Å². The molecule has 3 aromatic carbocycles. The van der Waals surface area contributed by atoms with Gasteiger partial charge < -0.3 is 10.6 Å². The lowest BCUT2D eigenvalue weighted by atomic mass is 10.0. The Labute approximate surface area is 179 Å². The first-order chi connectivity index (χ1) is 14.4. The lowest BCUT2D eigenvalue weighted by molar-refractivity contribution is 0.102. The van der Waals surface area contributed by atoms with Crippen LogP contribution < -0.4 is 10.6 Å². The van der Waals surface area contributed by atoms with E-state index in [0.29, 0.717) is 16.1 Å². The molecule has 0 atom stereocenters. The lowest BCUT2D eigenvalue weighted by Gasteiger charge is -2.10. The van der Waals surface area contributed by atoms with Crippen LogP contribution in [0.2, 0.25) is 0 Å². The summed E-state index contributed by atoms with van der Waals surface area (Å²) in [7, 11) is 0. The van der Waals surface area contributed by atoms with Crippen molar-refractivity contribution < 1.29 is 9.59 Å². The summed E-state index contributed by atoms with van der Waals surface area (Å²) in [5.74, 6) is -0.452. The van der Waals surface area contributed by atoms with Crippen LogP contribution in [0.5, 0.6) is 0 Å². The molecule has 0 saturated heterocycles. The monoisotopic (exact) mass is 414 g/mol. The van der Waals surface area contributed by atoms with E-state index in [1.54, 1.807) is 6.07 Å². The zero-order chi connectivity index (χ0) is 21.3. The van der Waals surface area contributed by atoms with Crippen molar-refractivity contribution >= 4 is 44.6 Å². The van der Waals surface area contributed by atoms with E-state index in [2.05, 4.69) is 10.6 Å². The molecule has 0 saturated carbocycles. The van der Waals surface area contributed by atoms with Gasteiger partial charge in [-0.15, -0.1) is 11.3 Å². The lowest BCUT2D eigenvalue weighted by Crippen LogP contribution is -2.17. The minimum Gasteiger partial charge on any atom is -0.322 e. The molecule has 0 spiro atoms. The Morgan fingerprint density at radius 2 is 1.47 bits per heavy atom. The van der Waals surface area contributed by atoms with Crippen LogP contribution in [0.4, 0.5) is 10.7 Å². The number of hydrogen-bond acceptors (Lipinski definition) is 3. The van der Waals surface area contributed by atoms with E-state index in [1.165, 1.54) is 11.3 Å². The Kier molecular flexibility index (Phi) is 5.38. The van der Waals surface area contributed by atoms with Gasteiger partial charge in [0, 0.05) is 16.1 Å². The maximum absolute atomic E-state index is 13.1. The summed E-state index contributed by atoms with van der Waals surface area (Å²) in [5.41, 5.74) is 3.81. The Morgan fingerprint density at radius 3 is 2.23 bits per heavy atom. The van der Waals surface area contributed by atoms with Crippen LogP contribution in [0, 0.1) is 20.8 Å². The molecule has 4 rings (SSSR count). The van der Waals surface area contributed by atoms with Crippen molar-refractivity contribution in [2.45, 2.75) is 20.8 Å². The molecule has 1 aromatic heterocycles. The summed E-state index contributed by atoms with van der Waals surface area (Å²) in [6, 6.07) is 21.1. The maximum Gasteiger partial charge on any atom is 0.258 e. The minimum atomic E-state index is -0.228. The molecule has 150 valence electrons. The number of thiophene rings is 1. The molecule has 30 heavy (non-hydrogen) atoms. The molecule has 0 aliphatic carbocycles. The van der Waals surface area contributed by atoms with E-state index >= 15 is 0 Å². The molecule has 0 bridgehead atoms. The second-order valence-corrected chi connectivity index (χ2v) is 8.51. The van der Waals surface area contributed by atoms with Gasteiger partial charge in [0.05, 0.1) is 5.56 Å². The predicted octanol–water partition coefficient (Wildman–Crippen LogP) is 6.33. The summed E-state index contributed by atoms with van der Waals surface area (Å²) in [6.45, 7) is 5.86. The van der Waals surface area contributed by atoms with Gasteiger partial charge in [-0.2, -0.15) is 0 Å². The molecule has 1 heterocycles. The first-order valence-corrected chi connectivity index (χ1v) is 10.5. The normalized spacial score (nSPS) is 10.8. The van der Waals surface area contributed by atoms with Gasteiger partial charge in [0.1, 0.15) is 5.00 Å². The second kappa shape index (κ2) is 8.13. The third-order valence-electron chi connectivity index (χ3n) is 5.18. The molecule has 0 unspecified atom stereocenters. The number of nitrogens with one attached hydrogen (secondary N) is 2. The molecule has 0 fully saturated rings. The molecule has 2 N–H and O–H groups in total. The molecule has 0 radical (unpaired) electrons. The molecule has 0 aliphatic rings. The van der Waals surface area contributed by atoms with E-state index < -0.39 is 0 Å². The largest absolute Gasteiger partial charge is 0.322 e. The standard InChI is InChI=1S/C25H22N2O2S/c1-15-11-13-19(14-12-15)26-24(29)22-16(2)17(3)30-25(22)27-23(28)21-10-6-8-18-7-4-5-9-20(18)21/h4-14H,1-3H3,(H,26,29)(H,27,28). The SMILES string of the molecule is Cc1ccc(NC(=O)c2c(NC(=O)c3cccc4ccccc34)sc(C)c2C)cc1. The van der Waals surface area contributed by atoms with Crippen LogP contribution in [0.3, 0.4) is 0 Å². The summed E-state index contributed by atoms with van der Waals surface area (Å²) >= 11 is 1.42. The van der Waals surface area contributed by atoms with Crippen LogP contribution in [-0.4, -0.2) is 11.8 Å². The highest BCUT2D eigenvalue weighted by Gasteiger charge is 2.22. The van der Waals surface area contributed by atoms with E-state index in [9.17, 15) is 9.59 Å². The van der Waals surface area contributed by atoms with Crippen LogP contribution in [0.25, 0.3) is 10.8 Å². The Morgan fingerprint density at radius 1 is 0.767 bits per heavy atom. The van der Waals surface area contributed by atoms with E-state index in [1.807, 2.05) is 81.4 Å². The summed E-state index contributed by atoms with van der Waals surface area (Å²) in [5, 5.41) is 8.36. The van der Waals surface area contributed by atoms with E-state index in [0.717, 1.165) is 32.5 Å². The van der Waals surface area contributed by atoms with Crippen molar-refractivity contribution in [2.24, 2.45) is 0 Å². The molecular weight excluding hydrogens is 392 g/mol. The number of aryl methyl sites for hydroxylation is 2. The number of carbonyl (C=O) groups excluding carboxylic acids is 2. The van der Waals surface area contributed by atoms with Gasteiger partial charge in [-0.25, -0.2) is 0 Å². The fourth-order valence-corrected chi connectivity index (χ4v) is 4.47. The Hall–Kier alpha value is -3.44. The summed E-state index contributed by atoms with van der Waals surface area (Å²) in [6.07, 6.45) is 0. The molecule has 4 nitrogen and oxygen atoms in total. The Bertz CT molecular complexity index is 1250. The zero-order valence-electron chi connectivity index (χ0n) is 17.1. The zero-order valence-corrected chi connectivity index (χ0v) is 17.9. The predicted molar refractivity (Wildman–Crippen MR) is 125 cm³/mol. The smallest absolute Gasteiger partial charge is 0.258 e. The average molecular weight is 415 g/mol. The summed E-state index contributed by atoms with van der Waals surface area (Å²) in [4.78, 5) is 27.1. The molecular formula is C25H22N2O2S. The fraction of sp³-hybridized carbons (Fsp3) is 0.120. The van der Waals surface area contributed by atoms with Gasteiger partial charge in [0.2, 0.25) is 0 Å². The number of carbonyl (C=O) groups is 2. The van der Waals surface area contributed by atoms with Crippen molar-refractivity contribution in [3.63, 3.8) is 0 Å². The minimum absolute atomic E-state index is 0.225. The number of fused-ring (bicyclic) bond motifs is 1. The average Bonchev–Trinajstić information content (AvgIpc) is 3.02. The summed E-state index contributed by atoms with van der Waals surface area (Å²) < 4.78 is 0. The van der Waals surface area contributed by atoms with Crippen molar-refractivity contribution in [3.8, 4) is 0 Å². The highest BCUT2D eigenvalue weighted by Crippen LogP contribution is 2.34. The Balaban J connectivity index is 1.65. The molecule has 5 heteroatoms. The van der Waals surface area contributed by atoms with Crippen LogP contribution in [0.15, 0.2) is 66.7 Å². The van der Waals surface area contributed by atoms with E-state index in [4.69, 9.17) is 0 Å². The van der Waals surface area contributed by atoms with E-state index in [-0.39, 0.29) is 11.8 Å². The van der Waals surface area contributed by atoms with Crippen molar-refractivity contribution in [2.75, 3.05) is 10.6 Å². The van der Waals surface area contributed by atoms with Crippen molar-refractivity contribution in [1.29, 1.82) is 0 Å². The number of amides is 2. The van der Waals surface area contributed by atoms with Crippen LogP contribution >= 0.6 is 11.3 Å². The fourth-order valence-electron chi connectivity index (χ4n) is 3.41. The number of anilines is 2.